The van der Waals surface area contributed by atoms with E-state index in [4.69, 9.17) is 20.6 Å². The summed E-state index contributed by atoms with van der Waals surface area (Å²) in [5.41, 5.74) is 1.58. The van der Waals surface area contributed by atoms with Crippen LogP contribution in [-0.2, 0) is 10.3 Å². The predicted molar refractivity (Wildman–Crippen MR) is 125 cm³/mol. The number of amides is 1. The molecule has 1 unspecified atom stereocenters. The van der Waals surface area contributed by atoms with Gasteiger partial charge in [-0.15, -0.1) is 12.4 Å². The average molecular weight is 498 g/mol. The number of nitrogens with zero attached hydrogens (tertiary/aromatic N) is 4. The molecule has 0 spiro atoms. The van der Waals surface area contributed by atoms with Crippen LogP contribution in [0.4, 0.5) is 14.9 Å². The lowest BCUT2D eigenvalue weighted by Crippen LogP contribution is -2.26. The number of halogens is 2. The number of hydrogen-bond acceptors (Lipinski definition) is 7. The van der Waals surface area contributed by atoms with Crippen molar-refractivity contribution in [2.75, 3.05) is 31.1 Å². The van der Waals surface area contributed by atoms with Crippen molar-refractivity contribution in [3.63, 3.8) is 0 Å². The van der Waals surface area contributed by atoms with Crippen LogP contribution in [0.5, 0.6) is 5.88 Å². The molecule has 2 saturated heterocycles. The maximum Gasteiger partial charge on any atom is 0.414 e. The standard InChI is InChI=1S/C24H20FN5O4.ClH/c1-26-24(18-10-27-11-19(18)24)21-5-2-14(9-28-21)17-4-3-15(8-20(17)25)30-12-16(34-23(30)31)13-32-22-6-7-33-29-22;/h2-9,16,18-19,27H,10-13H2;1H/t16-,18-,19+,24?;/m1./s1. The van der Waals surface area contributed by atoms with Gasteiger partial charge in [0.2, 0.25) is 0 Å². The number of carbonyl (C=O) groups is 1. The lowest BCUT2D eigenvalue weighted by Gasteiger charge is -2.15. The Labute approximate surface area is 206 Å². The van der Waals surface area contributed by atoms with Crippen molar-refractivity contribution in [1.82, 2.24) is 15.5 Å². The van der Waals surface area contributed by atoms with Crippen molar-refractivity contribution in [2.24, 2.45) is 11.8 Å². The van der Waals surface area contributed by atoms with E-state index in [9.17, 15) is 4.79 Å². The number of carbonyl (C=O) groups excluding carboxylic acids is 1. The van der Waals surface area contributed by atoms with Crippen molar-refractivity contribution < 1.29 is 23.2 Å². The number of pyridine rings is 1. The van der Waals surface area contributed by atoms with Crippen LogP contribution in [0.3, 0.4) is 0 Å². The van der Waals surface area contributed by atoms with E-state index in [0.29, 0.717) is 34.5 Å². The molecule has 1 saturated carbocycles. The van der Waals surface area contributed by atoms with Gasteiger partial charge in [-0.25, -0.2) is 15.8 Å². The fourth-order valence-corrected chi connectivity index (χ4v) is 5.08. The molecule has 2 aromatic heterocycles. The van der Waals surface area contributed by atoms with E-state index < -0.39 is 23.6 Å². The molecule has 4 heterocycles. The van der Waals surface area contributed by atoms with Crippen molar-refractivity contribution >= 4 is 24.2 Å². The largest absolute Gasteiger partial charge is 0.471 e. The molecule has 3 aliphatic rings. The second-order valence-corrected chi connectivity index (χ2v) is 8.67. The number of fused-ring (bicyclic) bond motifs is 1. The van der Waals surface area contributed by atoms with E-state index in [1.165, 1.54) is 17.2 Å². The van der Waals surface area contributed by atoms with Gasteiger partial charge in [0.05, 0.1) is 24.1 Å². The molecule has 9 nitrogen and oxygen atoms in total. The fraction of sp³-hybridized carbons (Fsp3) is 0.333. The van der Waals surface area contributed by atoms with Crippen molar-refractivity contribution in [1.29, 1.82) is 0 Å². The Morgan fingerprint density at radius 3 is 2.74 bits per heavy atom. The fourth-order valence-electron chi connectivity index (χ4n) is 5.08. The molecule has 4 atom stereocenters. The van der Waals surface area contributed by atoms with Crippen molar-refractivity contribution in [3.8, 4) is 17.0 Å². The molecule has 1 aromatic carbocycles. The highest BCUT2D eigenvalue weighted by Crippen LogP contribution is 2.62. The van der Waals surface area contributed by atoms with Crippen molar-refractivity contribution in [3.05, 3.63) is 71.8 Å². The molecule has 6 rings (SSSR count). The third-order valence-corrected chi connectivity index (χ3v) is 6.88. The Kier molecular flexibility index (Phi) is 5.83. The summed E-state index contributed by atoms with van der Waals surface area (Å²) in [5, 5.41) is 6.94. The van der Waals surface area contributed by atoms with Gasteiger partial charge in [0.15, 0.2) is 6.10 Å². The lowest BCUT2D eigenvalue weighted by atomic mass is 10.0. The first-order valence-electron chi connectivity index (χ1n) is 11.0. The number of piperidine rings is 1. The molecule has 3 aromatic rings. The normalized spacial score (nSPS) is 26.5. The Morgan fingerprint density at radius 1 is 1.26 bits per heavy atom. The maximum atomic E-state index is 15.0. The van der Waals surface area contributed by atoms with Gasteiger partial charge in [-0.1, -0.05) is 6.07 Å². The molecule has 2 aliphatic heterocycles. The zero-order chi connectivity index (χ0) is 23.3. The molecule has 0 bridgehead atoms. The highest BCUT2D eigenvalue weighted by Gasteiger charge is 2.76. The Hall–Kier alpha value is -3.68. The predicted octanol–water partition coefficient (Wildman–Crippen LogP) is 3.67. The lowest BCUT2D eigenvalue weighted by molar-refractivity contribution is 0.102. The molecule has 1 N–H and O–H groups in total. The molecule has 180 valence electrons. The maximum absolute atomic E-state index is 15.0. The quantitative estimate of drug-likeness (QED) is 0.519. The Bertz CT molecular complexity index is 1270. The molecule has 3 fully saturated rings. The average Bonchev–Trinajstić information content (AvgIpc) is 3.38. The van der Waals surface area contributed by atoms with E-state index in [1.54, 1.807) is 30.5 Å². The van der Waals surface area contributed by atoms with E-state index >= 15 is 4.39 Å². The zero-order valence-electron chi connectivity index (χ0n) is 18.4. The number of benzene rings is 1. The minimum absolute atomic E-state index is 0. The SMILES string of the molecule is Cl.[C-]#[N+]C1(c2ccc(-c3ccc(N4C[C@H](COc5ccon5)OC4=O)cc3F)cn2)[C@@H]2CNC[C@@H]21. The number of rotatable bonds is 6. The van der Waals surface area contributed by atoms with Crippen LogP contribution in [0.15, 0.2) is 53.4 Å². The summed E-state index contributed by atoms with van der Waals surface area (Å²) in [6.07, 6.45) is 1.91. The number of cyclic esters (lactones) is 1. The van der Waals surface area contributed by atoms with Gasteiger partial charge in [-0.3, -0.25) is 9.88 Å². The summed E-state index contributed by atoms with van der Waals surface area (Å²) in [6, 6.07) is 9.79. The number of nitrogens with one attached hydrogen (secondary N) is 1. The van der Waals surface area contributed by atoms with Crippen LogP contribution < -0.4 is 15.0 Å². The van der Waals surface area contributed by atoms with E-state index in [2.05, 4.69) is 20.3 Å². The first-order valence-corrected chi connectivity index (χ1v) is 11.0. The Morgan fingerprint density at radius 2 is 2.09 bits per heavy atom. The number of anilines is 1. The third kappa shape index (κ3) is 3.77. The van der Waals surface area contributed by atoms with Gasteiger partial charge in [0.25, 0.3) is 11.4 Å². The summed E-state index contributed by atoms with van der Waals surface area (Å²) in [5.74, 6) is 0.414. The topological polar surface area (TPSA) is 94.1 Å². The molecular weight excluding hydrogens is 477 g/mol. The molecular formula is C24H21ClFN5O4. The molecule has 35 heavy (non-hydrogen) atoms. The van der Waals surface area contributed by atoms with Crippen LogP contribution in [0.25, 0.3) is 16.0 Å². The summed E-state index contributed by atoms with van der Waals surface area (Å²) in [7, 11) is 0. The summed E-state index contributed by atoms with van der Waals surface area (Å²) >= 11 is 0. The van der Waals surface area contributed by atoms with Crippen LogP contribution in [-0.4, -0.2) is 48.6 Å². The van der Waals surface area contributed by atoms with Gasteiger partial charge in [-0.2, -0.15) is 0 Å². The number of ether oxygens (including phenoxy) is 2. The smallest absolute Gasteiger partial charge is 0.414 e. The first kappa shape index (κ1) is 23.1. The summed E-state index contributed by atoms with van der Waals surface area (Å²) in [6.45, 7) is 9.69. The monoisotopic (exact) mass is 497 g/mol. The molecule has 0 radical (unpaired) electrons. The van der Waals surface area contributed by atoms with Crippen LogP contribution in [0, 0.1) is 24.2 Å². The summed E-state index contributed by atoms with van der Waals surface area (Å²) < 4.78 is 30.5. The Balaban J connectivity index is 0.00000253. The van der Waals surface area contributed by atoms with Gasteiger partial charge in [-0.05, 0) is 29.4 Å². The second kappa shape index (κ2) is 8.83. The van der Waals surface area contributed by atoms with E-state index in [1.807, 2.05) is 6.07 Å². The second-order valence-electron chi connectivity index (χ2n) is 8.67. The number of aromatic nitrogens is 2. The van der Waals surface area contributed by atoms with Crippen LogP contribution in [0.1, 0.15) is 5.69 Å². The minimum Gasteiger partial charge on any atom is -0.471 e. The minimum atomic E-state index is -0.569. The van der Waals surface area contributed by atoms with Gasteiger partial charge in [0.1, 0.15) is 24.4 Å². The molecule has 1 amide bonds. The highest BCUT2D eigenvalue weighted by molar-refractivity contribution is 5.90. The highest BCUT2D eigenvalue weighted by atomic mass is 35.5. The summed E-state index contributed by atoms with van der Waals surface area (Å²) in [4.78, 5) is 22.1. The molecule has 1 aliphatic carbocycles. The van der Waals surface area contributed by atoms with E-state index in [0.717, 1.165) is 18.8 Å². The van der Waals surface area contributed by atoms with Crippen LogP contribution >= 0.6 is 12.4 Å². The zero-order valence-corrected chi connectivity index (χ0v) is 19.2. The third-order valence-electron chi connectivity index (χ3n) is 6.88. The van der Waals surface area contributed by atoms with Crippen LogP contribution in [0.2, 0.25) is 0 Å². The van der Waals surface area contributed by atoms with Crippen molar-refractivity contribution in [2.45, 2.75) is 11.6 Å². The van der Waals surface area contributed by atoms with Gasteiger partial charge in [0, 0.05) is 36.5 Å². The van der Waals surface area contributed by atoms with E-state index in [-0.39, 0.29) is 25.6 Å². The van der Waals surface area contributed by atoms with Gasteiger partial charge >= 0.3 is 6.09 Å². The first-order chi connectivity index (χ1) is 16.6. The van der Waals surface area contributed by atoms with Gasteiger partial charge < -0.3 is 24.2 Å². The number of hydrogen-bond donors (Lipinski definition) is 1. The molecule has 11 heteroatoms.